The van der Waals surface area contributed by atoms with E-state index < -0.39 is 23.4 Å². The number of hydrogen-bond acceptors (Lipinski definition) is 3. The molecule has 1 aromatic carbocycles. The van der Waals surface area contributed by atoms with Gasteiger partial charge in [0.25, 0.3) is 0 Å². The van der Waals surface area contributed by atoms with E-state index >= 15 is 0 Å². The van der Waals surface area contributed by atoms with E-state index in [0.29, 0.717) is 0 Å². The van der Waals surface area contributed by atoms with E-state index in [2.05, 4.69) is 16.0 Å². The molecule has 0 aliphatic heterocycles. The molecule has 8 heteroatoms. The first-order valence-corrected chi connectivity index (χ1v) is 5.72. The van der Waals surface area contributed by atoms with E-state index in [1.165, 1.54) is 13.0 Å². The van der Waals surface area contributed by atoms with Crippen LogP contribution in [-0.2, 0) is 4.79 Å². The third-order valence-electron chi connectivity index (χ3n) is 2.24. The lowest BCUT2D eigenvalue weighted by Gasteiger charge is -2.08. The van der Waals surface area contributed by atoms with Crippen LogP contribution in [0.5, 0.6) is 0 Å². The van der Waals surface area contributed by atoms with Gasteiger partial charge in [0, 0.05) is 25.7 Å². The molecule has 0 aliphatic rings. The molecule has 0 radical (unpaired) electrons. The molecule has 0 saturated heterocycles. The van der Waals surface area contributed by atoms with Crippen molar-refractivity contribution in [2.75, 3.05) is 18.4 Å². The lowest BCUT2D eigenvalue weighted by atomic mass is 10.2. The maximum Gasteiger partial charge on any atom is 0.338 e. The lowest BCUT2D eigenvalue weighted by molar-refractivity contribution is -0.118. The minimum Gasteiger partial charge on any atom is -0.478 e. The highest BCUT2D eigenvalue weighted by molar-refractivity contribution is 5.91. The van der Waals surface area contributed by atoms with Crippen LogP contribution in [0.15, 0.2) is 18.2 Å². The van der Waals surface area contributed by atoms with E-state index in [-0.39, 0.29) is 24.7 Å². The van der Waals surface area contributed by atoms with Crippen LogP contribution in [0.25, 0.3) is 0 Å². The maximum atomic E-state index is 13.3. The Balaban J connectivity index is 2.48. The predicted molar refractivity (Wildman–Crippen MR) is 69.1 cm³/mol. The Morgan fingerprint density at radius 3 is 2.40 bits per heavy atom. The van der Waals surface area contributed by atoms with Crippen LogP contribution in [-0.4, -0.2) is 36.1 Å². The molecule has 0 spiro atoms. The Kier molecular flexibility index (Phi) is 5.45. The zero-order chi connectivity index (χ0) is 15.1. The topological polar surface area (TPSA) is 108 Å². The molecule has 1 rings (SSSR count). The Morgan fingerprint density at radius 1 is 1.20 bits per heavy atom. The molecule has 0 saturated carbocycles. The summed E-state index contributed by atoms with van der Waals surface area (Å²) < 4.78 is 13.3. The highest BCUT2D eigenvalue weighted by atomic mass is 19.1. The van der Waals surface area contributed by atoms with Gasteiger partial charge in [0.15, 0.2) is 0 Å². The van der Waals surface area contributed by atoms with Crippen molar-refractivity contribution in [1.29, 1.82) is 0 Å². The summed E-state index contributed by atoms with van der Waals surface area (Å²) in [6, 6.07) is 2.67. The fourth-order valence-corrected chi connectivity index (χ4v) is 1.36. The van der Waals surface area contributed by atoms with Crippen LogP contribution in [0, 0.1) is 5.82 Å². The first-order valence-electron chi connectivity index (χ1n) is 5.72. The van der Waals surface area contributed by atoms with Gasteiger partial charge in [0.2, 0.25) is 5.91 Å². The number of carboxylic acids is 1. The van der Waals surface area contributed by atoms with Gasteiger partial charge in [0.05, 0.1) is 5.56 Å². The van der Waals surface area contributed by atoms with Gasteiger partial charge < -0.3 is 21.1 Å². The lowest BCUT2D eigenvalue weighted by Crippen LogP contribution is -2.36. The number of anilines is 1. The zero-order valence-corrected chi connectivity index (χ0v) is 10.7. The van der Waals surface area contributed by atoms with Crippen molar-refractivity contribution >= 4 is 23.6 Å². The Morgan fingerprint density at radius 2 is 1.85 bits per heavy atom. The number of carbonyl (C=O) groups excluding carboxylic acids is 2. The number of hydrogen-bond donors (Lipinski definition) is 4. The van der Waals surface area contributed by atoms with E-state index in [4.69, 9.17) is 5.11 Å². The van der Waals surface area contributed by atoms with Crippen LogP contribution < -0.4 is 16.0 Å². The Bertz CT molecular complexity index is 533. The molecule has 1 aromatic rings. The number of amides is 3. The number of rotatable bonds is 5. The summed E-state index contributed by atoms with van der Waals surface area (Å²) in [7, 11) is 0. The molecule has 4 N–H and O–H groups in total. The molecule has 3 amide bonds. The average molecular weight is 283 g/mol. The van der Waals surface area contributed by atoms with Crippen molar-refractivity contribution in [1.82, 2.24) is 10.6 Å². The smallest absolute Gasteiger partial charge is 0.338 e. The standard InChI is InChI=1S/C12H14FN3O4/c1-7(17)14-4-5-15-12(20)16-8-2-3-9(11(18)19)10(13)6-8/h2-3,6H,4-5H2,1H3,(H,14,17)(H,18,19)(H2,15,16,20). The molecular weight excluding hydrogens is 269 g/mol. The van der Waals surface area contributed by atoms with E-state index in [1.54, 1.807) is 0 Å². The fourth-order valence-electron chi connectivity index (χ4n) is 1.36. The second-order valence-corrected chi connectivity index (χ2v) is 3.86. The number of benzene rings is 1. The quantitative estimate of drug-likeness (QED) is 0.599. The number of nitrogens with one attached hydrogen (secondary N) is 3. The van der Waals surface area contributed by atoms with E-state index in [0.717, 1.165) is 12.1 Å². The third-order valence-corrected chi connectivity index (χ3v) is 2.24. The Hall–Kier alpha value is -2.64. The number of urea groups is 1. The molecule has 20 heavy (non-hydrogen) atoms. The molecule has 0 aliphatic carbocycles. The van der Waals surface area contributed by atoms with Gasteiger partial charge >= 0.3 is 12.0 Å². The Labute approximate surface area is 114 Å². The van der Waals surface area contributed by atoms with Crippen LogP contribution >= 0.6 is 0 Å². The number of carbonyl (C=O) groups is 3. The first-order chi connectivity index (χ1) is 9.40. The first kappa shape index (κ1) is 15.4. The summed E-state index contributed by atoms with van der Waals surface area (Å²) in [5.41, 5.74) is -0.342. The molecule has 0 heterocycles. The van der Waals surface area contributed by atoms with Gasteiger partial charge in [-0.05, 0) is 18.2 Å². The van der Waals surface area contributed by atoms with Crippen molar-refractivity contribution in [3.63, 3.8) is 0 Å². The molecule has 0 unspecified atom stereocenters. The van der Waals surface area contributed by atoms with Gasteiger partial charge in [-0.15, -0.1) is 0 Å². The molecule has 0 aromatic heterocycles. The van der Waals surface area contributed by atoms with Gasteiger partial charge in [0.1, 0.15) is 5.82 Å². The summed E-state index contributed by atoms with van der Waals surface area (Å²) in [4.78, 5) is 32.6. The van der Waals surface area contributed by atoms with Gasteiger partial charge in [-0.2, -0.15) is 0 Å². The highest BCUT2D eigenvalue weighted by Crippen LogP contribution is 2.14. The van der Waals surface area contributed by atoms with Gasteiger partial charge in [-0.1, -0.05) is 0 Å². The number of carboxylic acid groups (broad SMARTS) is 1. The van der Waals surface area contributed by atoms with Crippen molar-refractivity contribution < 1.29 is 23.9 Å². The second-order valence-electron chi connectivity index (χ2n) is 3.86. The van der Waals surface area contributed by atoms with Crippen LogP contribution in [0.2, 0.25) is 0 Å². The SMILES string of the molecule is CC(=O)NCCNC(=O)Nc1ccc(C(=O)O)c(F)c1. The molecule has 0 bridgehead atoms. The minimum absolute atomic E-state index is 0.129. The van der Waals surface area contributed by atoms with Gasteiger partial charge in [-0.3, -0.25) is 4.79 Å². The molecule has 7 nitrogen and oxygen atoms in total. The number of halogens is 1. The highest BCUT2D eigenvalue weighted by Gasteiger charge is 2.11. The van der Waals surface area contributed by atoms with Crippen molar-refractivity contribution in [2.24, 2.45) is 0 Å². The normalized spacial score (nSPS) is 9.70. The average Bonchev–Trinajstić information content (AvgIpc) is 2.34. The van der Waals surface area contributed by atoms with Crippen LogP contribution in [0.1, 0.15) is 17.3 Å². The van der Waals surface area contributed by atoms with E-state index in [1.807, 2.05) is 0 Å². The molecular formula is C12H14FN3O4. The molecule has 0 fully saturated rings. The fraction of sp³-hybridized carbons (Fsp3) is 0.250. The van der Waals surface area contributed by atoms with Crippen molar-refractivity contribution in [3.8, 4) is 0 Å². The monoisotopic (exact) mass is 283 g/mol. The number of aromatic carboxylic acids is 1. The summed E-state index contributed by atoms with van der Waals surface area (Å²) in [5, 5.41) is 15.9. The third kappa shape index (κ3) is 4.92. The van der Waals surface area contributed by atoms with Crippen molar-refractivity contribution in [3.05, 3.63) is 29.6 Å². The van der Waals surface area contributed by atoms with Gasteiger partial charge in [-0.25, -0.2) is 14.0 Å². The van der Waals surface area contributed by atoms with Crippen LogP contribution in [0.4, 0.5) is 14.9 Å². The van der Waals surface area contributed by atoms with Crippen LogP contribution in [0.3, 0.4) is 0 Å². The minimum atomic E-state index is -1.38. The predicted octanol–water partition coefficient (Wildman–Crippen LogP) is 0.781. The summed E-state index contributed by atoms with van der Waals surface area (Å²) in [5.74, 6) is -2.53. The summed E-state index contributed by atoms with van der Waals surface area (Å²) in [6.45, 7) is 1.84. The molecule has 108 valence electrons. The summed E-state index contributed by atoms with van der Waals surface area (Å²) in [6.07, 6.45) is 0. The zero-order valence-electron chi connectivity index (χ0n) is 10.7. The maximum absolute atomic E-state index is 13.3. The summed E-state index contributed by atoms with van der Waals surface area (Å²) >= 11 is 0. The second kappa shape index (κ2) is 7.07. The largest absolute Gasteiger partial charge is 0.478 e. The molecule has 0 atom stereocenters. The van der Waals surface area contributed by atoms with E-state index in [9.17, 15) is 18.8 Å². The van der Waals surface area contributed by atoms with Crippen molar-refractivity contribution in [2.45, 2.75) is 6.92 Å².